The van der Waals surface area contributed by atoms with Gasteiger partial charge in [0.05, 0.1) is 28.8 Å². The van der Waals surface area contributed by atoms with Crippen LogP contribution in [0.2, 0.25) is 5.02 Å². The van der Waals surface area contributed by atoms with Gasteiger partial charge in [0.1, 0.15) is 12.4 Å². The van der Waals surface area contributed by atoms with Gasteiger partial charge in [-0.15, -0.1) is 0 Å². The van der Waals surface area contributed by atoms with E-state index in [1.165, 1.54) is 0 Å². The number of likely N-dealkylation sites (tertiary alicyclic amines) is 1. The quantitative estimate of drug-likeness (QED) is 0.295. The number of carboxylic acids is 1. The first-order valence-corrected chi connectivity index (χ1v) is 15.1. The molecule has 2 aliphatic heterocycles. The molecule has 1 aromatic carbocycles. The van der Waals surface area contributed by atoms with Crippen LogP contribution >= 0.6 is 11.6 Å². The third-order valence-corrected chi connectivity index (χ3v) is 9.82. The molecule has 4 aliphatic rings. The minimum Gasteiger partial charge on any atom is -0.487 e. The van der Waals surface area contributed by atoms with Gasteiger partial charge in [-0.25, -0.2) is 5.84 Å². The molecule has 0 spiro atoms. The summed E-state index contributed by atoms with van der Waals surface area (Å²) in [5.41, 5.74) is 8.40. The standard InChI is InChI=1S/C30H42ClN5O5/c1-30(29(39)40)13-4-3-6-20(30)28(38)36-15-12-19-21(31)10-11-24(26(19)23(36)16-35-14-5-7-25(35)37)41-17-22(32)27(34(2)33)18-8-9-18/h10-11,18,20,23H,3-9,12-17,32-33H2,1-2H3,(H,39,40)/b27-22-/t20-,23+,30-/m0/s1. The Hall–Kier alpha value is -2.98. The number of nitrogens with zero attached hydrogens (tertiary/aromatic N) is 3. The number of halogens is 1. The van der Waals surface area contributed by atoms with Gasteiger partial charge in [0.2, 0.25) is 11.8 Å². The van der Waals surface area contributed by atoms with Crippen molar-refractivity contribution in [2.75, 3.05) is 33.3 Å². The molecule has 0 radical (unpaired) electrons. The Labute approximate surface area is 246 Å². The number of fused-ring (bicyclic) bond motifs is 1. The van der Waals surface area contributed by atoms with Gasteiger partial charge < -0.3 is 30.4 Å². The summed E-state index contributed by atoms with van der Waals surface area (Å²) >= 11 is 6.72. The van der Waals surface area contributed by atoms with Crippen molar-refractivity contribution in [3.05, 3.63) is 39.7 Å². The molecule has 10 nitrogen and oxygen atoms in total. The molecule has 0 unspecified atom stereocenters. The lowest BCUT2D eigenvalue weighted by Crippen LogP contribution is -2.52. The van der Waals surface area contributed by atoms with Crippen LogP contribution in [0.15, 0.2) is 23.5 Å². The van der Waals surface area contributed by atoms with Crippen molar-refractivity contribution in [3.63, 3.8) is 0 Å². The molecule has 0 bridgehead atoms. The molecule has 3 atom stereocenters. The number of aliphatic carboxylic acids is 1. The Morgan fingerprint density at radius 3 is 2.56 bits per heavy atom. The van der Waals surface area contributed by atoms with Crippen LogP contribution in [0, 0.1) is 17.3 Å². The highest BCUT2D eigenvalue weighted by Crippen LogP contribution is 2.46. The van der Waals surface area contributed by atoms with Crippen LogP contribution in [0.5, 0.6) is 5.75 Å². The number of carboxylic acid groups (broad SMARTS) is 1. The van der Waals surface area contributed by atoms with Crippen molar-refractivity contribution in [1.29, 1.82) is 0 Å². The average Bonchev–Trinajstić information content (AvgIpc) is 3.68. The third-order valence-electron chi connectivity index (χ3n) is 9.47. The van der Waals surface area contributed by atoms with Crippen LogP contribution in [0.1, 0.15) is 75.5 Å². The Morgan fingerprint density at radius 1 is 1.17 bits per heavy atom. The zero-order valence-corrected chi connectivity index (χ0v) is 24.8. The lowest BCUT2D eigenvalue weighted by atomic mass is 9.66. The fourth-order valence-electron chi connectivity index (χ4n) is 7.01. The van der Waals surface area contributed by atoms with E-state index in [1.54, 1.807) is 40.9 Å². The first kappa shape index (κ1) is 29.5. The zero-order chi connectivity index (χ0) is 29.5. The van der Waals surface area contributed by atoms with Gasteiger partial charge in [-0.05, 0) is 63.1 Å². The van der Waals surface area contributed by atoms with Crippen molar-refractivity contribution in [2.24, 2.45) is 28.8 Å². The number of ether oxygens (including phenoxy) is 1. The molecule has 2 aliphatic carbocycles. The SMILES string of the molecule is CN(N)/C(=C(\N)COc1ccc(Cl)c2c1[C@@H](CN1CCCC1=O)N(C(=O)[C@@H]1CCCC[C@]1(C)C(=O)O)CC2)C1CC1. The second-order valence-electron chi connectivity index (χ2n) is 12.3. The van der Waals surface area contributed by atoms with Crippen molar-refractivity contribution in [3.8, 4) is 5.75 Å². The van der Waals surface area contributed by atoms with E-state index in [-0.39, 0.29) is 18.4 Å². The van der Waals surface area contributed by atoms with Crippen LogP contribution < -0.4 is 16.3 Å². The first-order valence-electron chi connectivity index (χ1n) is 14.8. The largest absolute Gasteiger partial charge is 0.487 e. The summed E-state index contributed by atoms with van der Waals surface area (Å²) < 4.78 is 6.35. The number of nitrogens with two attached hydrogens (primary N) is 2. The van der Waals surface area contributed by atoms with E-state index >= 15 is 0 Å². The highest BCUT2D eigenvalue weighted by atomic mass is 35.5. The summed E-state index contributed by atoms with van der Waals surface area (Å²) in [6.45, 7) is 3.11. The van der Waals surface area contributed by atoms with Gasteiger partial charge in [-0.2, -0.15) is 0 Å². The van der Waals surface area contributed by atoms with Gasteiger partial charge >= 0.3 is 5.97 Å². The number of benzene rings is 1. The lowest BCUT2D eigenvalue weighted by molar-refractivity contribution is -0.162. The molecular formula is C30H42ClN5O5. The molecule has 11 heteroatoms. The maximum atomic E-state index is 14.3. The molecule has 2 heterocycles. The van der Waals surface area contributed by atoms with Crippen molar-refractivity contribution < 1.29 is 24.2 Å². The van der Waals surface area contributed by atoms with Crippen LogP contribution in [0.25, 0.3) is 0 Å². The van der Waals surface area contributed by atoms with Crippen LogP contribution in [0.4, 0.5) is 0 Å². The number of carbonyl (C=O) groups is 3. The Kier molecular flexibility index (Phi) is 8.43. The van der Waals surface area contributed by atoms with Gasteiger partial charge in [0, 0.05) is 49.6 Å². The first-order chi connectivity index (χ1) is 19.5. The Bertz CT molecular complexity index is 1240. The van der Waals surface area contributed by atoms with E-state index < -0.39 is 23.3 Å². The summed E-state index contributed by atoms with van der Waals surface area (Å²) in [4.78, 5) is 43.0. The molecule has 1 saturated heterocycles. The van der Waals surface area contributed by atoms with Crippen molar-refractivity contribution in [1.82, 2.24) is 14.8 Å². The van der Waals surface area contributed by atoms with E-state index in [4.69, 9.17) is 27.9 Å². The monoisotopic (exact) mass is 587 g/mol. The Morgan fingerprint density at radius 2 is 1.93 bits per heavy atom. The lowest BCUT2D eigenvalue weighted by Gasteiger charge is -2.45. The Balaban J connectivity index is 1.52. The molecule has 2 saturated carbocycles. The van der Waals surface area contributed by atoms with E-state index in [0.29, 0.717) is 67.7 Å². The van der Waals surface area contributed by atoms with E-state index in [9.17, 15) is 19.5 Å². The van der Waals surface area contributed by atoms with Crippen molar-refractivity contribution >= 4 is 29.4 Å². The fourth-order valence-corrected chi connectivity index (χ4v) is 7.27. The van der Waals surface area contributed by atoms with E-state index in [2.05, 4.69) is 0 Å². The number of hydrazine groups is 1. The van der Waals surface area contributed by atoms with Gasteiger partial charge in [0.15, 0.2) is 0 Å². The number of hydrogen-bond acceptors (Lipinski definition) is 7. The highest BCUT2D eigenvalue weighted by molar-refractivity contribution is 6.31. The van der Waals surface area contributed by atoms with Crippen LogP contribution in [-0.4, -0.2) is 71.0 Å². The molecule has 3 fully saturated rings. The average molecular weight is 588 g/mol. The van der Waals surface area contributed by atoms with Crippen LogP contribution in [-0.2, 0) is 20.8 Å². The molecule has 5 rings (SSSR count). The number of allylic oxidation sites excluding steroid dienone is 1. The summed E-state index contributed by atoms with van der Waals surface area (Å²) in [7, 11) is 1.77. The predicted molar refractivity (Wildman–Crippen MR) is 155 cm³/mol. The minimum atomic E-state index is -1.13. The smallest absolute Gasteiger partial charge is 0.310 e. The van der Waals surface area contributed by atoms with E-state index in [1.807, 2.05) is 0 Å². The third kappa shape index (κ3) is 5.73. The highest BCUT2D eigenvalue weighted by Gasteiger charge is 2.50. The van der Waals surface area contributed by atoms with Gasteiger partial charge in [-0.3, -0.25) is 14.4 Å². The predicted octanol–water partition coefficient (Wildman–Crippen LogP) is 3.43. The summed E-state index contributed by atoms with van der Waals surface area (Å²) in [5, 5.41) is 12.3. The molecule has 1 aromatic rings. The van der Waals surface area contributed by atoms with Crippen molar-refractivity contribution in [2.45, 2.75) is 70.8 Å². The number of amides is 2. The summed E-state index contributed by atoms with van der Waals surface area (Å²) in [6, 6.07) is 3.07. The number of carbonyl (C=O) groups excluding carboxylic acids is 2. The zero-order valence-electron chi connectivity index (χ0n) is 24.0. The maximum Gasteiger partial charge on any atom is 0.310 e. The normalized spacial score (nSPS) is 26.9. The molecule has 2 amide bonds. The molecule has 41 heavy (non-hydrogen) atoms. The van der Waals surface area contributed by atoms with Crippen LogP contribution in [0.3, 0.4) is 0 Å². The second-order valence-corrected chi connectivity index (χ2v) is 12.7. The fraction of sp³-hybridized carbons (Fsp3) is 0.633. The molecule has 5 N–H and O–H groups in total. The number of hydrogen-bond donors (Lipinski definition) is 3. The molecule has 224 valence electrons. The van der Waals surface area contributed by atoms with Gasteiger partial charge in [0.25, 0.3) is 0 Å². The number of rotatable bonds is 9. The maximum absolute atomic E-state index is 14.3. The minimum absolute atomic E-state index is 0.0503. The summed E-state index contributed by atoms with van der Waals surface area (Å²) in [6.07, 6.45) is 6.39. The molecule has 0 aromatic heterocycles. The topological polar surface area (TPSA) is 142 Å². The van der Waals surface area contributed by atoms with E-state index in [0.717, 1.165) is 48.9 Å². The molecular weight excluding hydrogens is 546 g/mol. The van der Waals surface area contributed by atoms with Gasteiger partial charge in [-0.1, -0.05) is 24.4 Å². The summed E-state index contributed by atoms with van der Waals surface area (Å²) in [5.74, 6) is 5.24. The second kappa shape index (κ2) is 11.7.